The van der Waals surface area contributed by atoms with Gasteiger partial charge in [0.2, 0.25) is 0 Å². The van der Waals surface area contributed by atoms with Crippen molar-refractivity contribution in [2.24, 2.45) is 0 Å². The monoisotopic (exact) mass is 188 g/mol. The lowest BCUT2D eigenvalue weighted by Gasteiger charge is -2.08. The first-order valence-electron chi connectivity index (χ1n) is 4.95. The minimum Gasteiger partial charge on any atom is -0.469 e. The molecule has 1 atom stereocenters. The number of ether oxygens (including phenoxy) is 1. The Morgan fingerprint density at radius 3 is 2.62 bits per heavy atom. The molecule has 1 N–H and O–H groups in total. The Hall–Kier alpha value is -0.570. The Morgan fingerprint density at radius 2 is 2.08 bits per heavy atom. The Balaban J connectivity index is 3.29. The van der Waals surface area contributed by atoms with Gasteiger partial charge < -0.3 is 9.84 Å². The number of methoxy groups -OCH3 is 1. The van der Waals surface area contributed by atoms with E-state index in [0.717, 1.165) is 12.8 Å². The third kappa shape index (κ3) is 7.78. The zero-order valence-corrected chi connectivity index (χ0v) is 8.58. The largest absolute Gasteiger partial charge is 0.469 e. The quantitative estimate of drug-likeness (QED) is 0.490. The van der Waals surface area contributed by atoms with Crippen molar-refractivity contribution in [3.8, 4) is 0 Å². The van der Waals surface area contributed by atoms with Crippen LogP contribution in [0, 0.1) is 0 Å². The highest BCUT2D eigenvalue weighted by molar-refractivity contribution is 5.69. The van der Waals surface area contributed by atoms with Crippen molar-refractivity contribution >= 4 is 5.97 Å². The number of unbranched alkanes of at least 4 members (excludes halogenated alkanes) is 3. The summed E-state index contributed by atoms with van der Waals surface area (Å²) in [6.45, 7) is 2.14. The number of aliphatic hydroxyl groups excluding tert-OH is 1. The van der Waals surface area contributed by atoms with Crippen molar-refractivity contribution in [2.45, 2.75) is 51.6 Å². The Labute approximate surface area is 80.1 Å². The molecule has 0 amide bonds. The number of carbonyl (C=O) groups excluding carboxylic acids is 1. The van der Waals surface area contributed by atoms with Crippen LogP contribution in [0.15, 0.2) is 0 Å². The van der Waals surface area contributed by atoms with Gasteiger partial charge in [0.1, 0.15) is 0 Å². The normalized spacial score (nSPS) is 12.5. The van der Waals surface area contributed by atoms with Crippen LogP contribution in [0.2, 0.25) is 0 Å². The second-order valence-electron chi connectivity index (χ2n) is 3.28. The molecule has 0 rings (SSSR count). The highest BCUT2D eigenvalue weighted by Crippen LogP contribution is 2.08. The van der Waals surface area contributed by atoms with E-state index in [1.54, 1.807) is 0 Å². The second-order valence-corrected chi connectivity index (χ2v) is 3.28. The molecular formula is C10H20O3. The Bertz CT molecular complexity index is 134. The van der Waals surface area contributed by atoms with Crippen molar-refractivity contribution in [1.29, 1.82) is 0 Å². The molecule has 0 aromatic rings. The van der Waals surface area contributed by atoms with Gasteiger partial charge in [-0.1, -0.05) is 32.6 Å². The number of esters is 1. The van der Waals surface area contributed by atoms with E-state index in [1.165, 1.54) is 20.0 Å². The van der Waals surface area contributed by atoms with Crippen LogP contribution in [0.25, 0.3) is 0 Å². The van der Waals surface area contributed by atoms with Gasteiger partial charge in [-0.25, -0.2) is 0 Å². The first-order valence-corrected chi connectivity index (χ1v) is 4.95. The summed E-state index contributed by atoms with van der Waals surface area (Å²) in [7, 11) is 1.34. The van der Waals surface area contributed by atoms with Gasteiger partial charge in [-0.05, 0) is 6.42 Å². The molecule has 0 aliphatic rings. The molecule has 0 aromatic carbocycles. The average Bonchev–Trinajstić information content (AvgIpc) is 2.12. The topological polar surface area (TPSA) is 46.5 Å². The van der Waals surface area contributed by atoms with Gasteiger partial charge in [-0.3, -0.25) is 4.79 Å². The molecule has 0 spiro atoms. The number of hydrogen-bond acceptors (Lipinski definition) is 3. The summed E-state index contributed by atoms with van der Waals surface area (Å²) in [5, 5.41) is 9.35. The molecule has 0 saturated heterocycles. The van der Waals surface area contributed by atoms with Crippen LogP contribution in [-0.2, 0) is 9.53 Å². The van der Waals surface area contributed by atoms with Gasteiger partial charge in [0, 0.05) is 0 Å². The molecule has 0 aliphatic carbocycles. The van der Waals surface area contributed by atoms with E-state index < -0.39 is 6.10 Å². The fraction of sp³-hybridized carbons (Fsp3) is 0.900. The first-order chi connectivity index (χ1) is 6.20. The Kier molecular flexibility index (Phi) is 7.69. The van der Waals surface area contributed by atoms with Crippen molar-refractivity contribution < 1.29 is 14.6 Å². The van der Waals surface area contributed by atoms with E-state index in [1.807, 2.05) is 0 Å². The van der Waals surface area contributed by atoms with Gasteiger partial charge in [0.25, 0.3) is 0 Å². The van der Waals surface area contributed by atoms with Crippen LogP contribution >= 0.6 is 0 Å². The summed E-state index contributed by atoms with van der Waals surface area (Å²) in [6.07, 6.45) is 4.82. The fourth-order valence-electron chi connectivity index (χ4n) is 1.18. The van der Waals surface area contributed by atoms with Crippen LogP contribution in [0.1, 0.15) is 45.4 Å². The Morgan fingerprint density at radius 1 is 1.38 bits per heavy atom. The number of aliphatic hydroxyl groups is 1. The highest BCUT2D eigenvalue weighted by atomic mass is 16.5. The standard InChI is InChI=1S/C10H20O3/c1-3-4-5-6-7-9(11)8-10(12)13-2/h9,11H,3-8H2,1-2H3/t9-/m1/s1. The zero-order valence-electron chi connectivity index (χ0n) is 8.58. The maximum atomic E-state index is 10.7. The summed E-state index contributed by atoms with van der Waals surface area (Å²) >= 11 is 0. The molecule has 0 radical (unpaired) electrons. The van der Waals surface area contributed by atoms with Crippen LogP contribution < -0.4 is 0 Å². The minimum absolute atomic E-state index is 0.128. The molecule has 0 aliphatic heterocycles. The molecule has 0 saturated carbocycles. The third-order valence-electron chi connectivity index (χ3n) is 2.02. The smallest absolute Gasteiger partial charge is 0.308 e. The lowest BCUT2D eigenvalue weighted by molar-refractivity contribution is -0.142. The summed E-state index contributed by atoms with van der Waals surface area (Å²) in [4.78, 5) is 10.7. The van der Waals surface area contributed by atoms with Crippen LogP contribution in [0.5, 0.6) is 0 Å². The summed E-state index contributed by atoms with van der Waals surface area (Å²) in [5.41, 5.74) is 0. The molecule has 13 heavy (non-hydrogen) atoms. The van der Waals surface area contributed by atoms with E-state index in [9.17, 15) is 9.90 Å². The van der Waals surface area contributed by atoms with Gasteiger partial charge in [-0.15, -0.1) is 0 Å². The van der Waals surface area contributed by atoms with Crippen molar-refractivity contribution in [1.82, 2.24) is 0 Å². The van der Waals surface area contributed by atoms with E-state index in [-0.39, 0.29) is 12.4 Å². The molecule has 0 unspecified atom stereocenters. The predicted octanol–water partition coefficient (Wildman–Crippen LogP) is 1.88. The second kappa shape index (κ2) is 8.05. The SMILES string of the molecule is CCCCCC[C@@H](O)CC(=O)OC. The lowest BCUT2D eigenvalue weighted by atomic mass is 10.1. The van der Waals surface area contributed by atoms with Crippen molar-refractivity contribution in [3.05, 3.63) is 0 Å². The molecular weight excluding hydrogens is 168 g/mol. The van der Waals surface area contributed by atoms with E-state index >= 15 is 0 Å². The summed E-state index contributed by atoms with van der Waals surface area (Å²) in [6, 6.07) is 0. The van der Waals surface area contributed by atoms with Crippen LogP contribution in [-0.4, -0.2) is 24.3 Å². The number of rotatable bonds is 7. The number of hydrogen-bond donors (Lipinski definition) is 1. The van der Waals surface area contributed by atoms with Gasteiger partial charge in [0.15, 0.2) is 0 Å². The zero-order chi connectivity index (χ0) is 10.1. The first kappa shape index (κ1) is 12.4. The minimum atomic E-state index is -0.524. The van der Waals surface area contributed by atoms with E-state index in [0.29, 0.717) is 6.42 Å². The third-order valence-corrected chi connectivity index (χ3v) is 2.02. The van der Waals surface area contributed by atoms with Crippen LogP contribution in [0.4, 0.5) is 0 Å². The molecule has 0 fully saturated rings. The van der Waals surface area contributed by atoms with E-state index in [2.05, 4.69) is 11.7 Å². The maximum Gasteiger partial charge on any atom is 0.308 e. The van der Waals surface area contributed by atoms with Gasteiger partial charge in [0.05, 0.1) is 19.6 Å². The summed E-state index contributed by atoms with van der Waals surface area (Å²) in [5.74, 6) is -0.331. The summed E-state index contributed by atoms with van der Waals surface area (Å²) < 4.78 is 4.45. The lowest BCUT2D eigenvalue weighted by Crippen LogP contribution is -2.14. The molecule has 0 bridgehead atoms. The molecule has 3 heteroatoms. The van der Waals surface area contributed by atoms with Crippen molar-refractivity contribution in [2.75, 3.05) is 7.11 Å². The molecule has 0 heterocycles. The van der Waals surface area contributed by atoms with Crippen LogP contribution in [0.3, 0.4) is 0 Å². The fourth-order valence-corrected chi connectivity index (χ4v) is 1.18. The van der Waals surface area contributed by atoms with E-state index in [4.69, 9.17) is 0 Å². The van der Waals surface area contributed by atoms with Gasteiger partial charge in [-0.2, -0.15) is 0 Å². The molecule has 78 valence electrons. The maximum absolute atomic E-state index is 10.7. The van der Waals surface area contributed by atoms with Gasteiger partial charge >= 0.3 is 5.97 Å². The average molecular weight is 188 g/mol. The van der Waals surface area contributed by atoms with Crippen molar-refractivity contribution in [3.63, 3.8) is 0 Å². The number of carbonyl (C=O) groups is 1. The highest BCUT2D eigenvalue weighted by Gasteiger charge is 2.09. The molecule has 3 nitrogen and oxygen atoms in total. The predicted molar refractivity (Wildman–Crippen MR) is 51.4 cm³/mol. The molecule has 0 aromatic heterocycles.